The van der Waals surface area contributed by atoms with Gasteiger partial charge in [0, 0.05) is 36.0 Å². The molecule has 0 spiro atoms. The smallest absolute Gasteiger partial charge is 0.309 e. The number of allylic oxidation sites excluding steroid dienone is 1. The van der Waals surface area contributed by atoms with Crippen LogP contribution in [0.5, 0.6) is 0 Å². The molecule has 6 nitrogen and oxygen atoms in total. The van der Waals surface area contributed by atoms with Crippen LogP contribution in [0.3, 0.4) is 0 Å². The molecule has 0 aliphatic heterocycles. The first-order chi connectivity index (χ1) is 15.3. The van der Waals surface area contributed by atoms with Crippen LogP contribution in [0.25, 0.3) is 0 Å². The Kier molecular flexibility index (Phi) is 5.71. The summed E-state index contributed by atoms with van der Waals surface area (Å²) >= 11 is 0. The molecule has 1 N–H and O–H groups in total. The van der Waals surface area contributed by atoms with Crippen LogP contribution in [-0.4, -0.2) is 40.6 Å². The Balaban J connectivity index is 1.79. The fourth-order valence-corrected chi connectivity index (χ4v) is 7.17. The molecule has 4 aliphatic rings. The molecule has 2 saturated carbocycles. The molecule has 0 saturated heterocycles. The number of Topliss-reactive ketones (excluding diaryl/α,β-unsaturated/α-hetero) is 1. The SMILES string of the molecule is CCC(C)C(=O)OC12CC(C)C3(O)C4C=C(C)C(=O)C4CC(COC(C)=O)=CC3C1C2(C)C. The lowest BCUT2D eigenvalue weighted by Crippen LogP contribution is -2.56. The largest absolute Gasteiger partial charge is 0.461 e. The molecule has 0 radical (unpaired) electrons. The molecule has 2 fully saturated rings. The third-order valence-corrected chi connectivity index (χ3v) is 9.36. The number of hydrogen-bond donors (Lipinski definition) is 1. The highest BCUT2D eigenvalue weighted by Gasteiger charge is 2.82. The summed E-state index contributed by atoms with van der Waals surface area (Å²) in [5.74, 6) is -1.92. The molecule has 33 heavy (non-hydrogen) atoms. The molecule has 0 heterocycles. The monoisotopic (exact) mass is 458 g/mol. The predicted molar refractivity (Wildman–Crippen MR) is 123 cm³/mol. The molecule has 8 unspecified atom stereocenters. The number of ketones is 1. The van der Waals surface area contributed by atoms with Gasteiger partial charge in [0.1, 0.15) is 12.2 Å². The summed E-state index contributed by atoms with van der Waals surface area (Å²) < 4.78 is 11.6. The van der Waals surface area contributed by atoms with Gasteiger partial charge >= 0.3 is 11.9 Å². The van der Waals surface area contributed by atoms with Crippen LogP contribution in [0, 0.1) is 40.9 Å². The van der Waals surface area contributed by atoms with Gasteiger partial charge in [-0.1, -0.05) is 46.8 Å². The zero-order valence-electron chi connectivity index (χ0n) is 20.9. The van der Waals surface area contributed by atoms with E-state index < -0.39 is 11.2 Å². The van der Waals surface area contributed by atoms with Gasteiger partial charge in [0.25, 0.3) is 0 Å². The summed E-state index contributed by atoms with van der Waals surface area (Å²) in [7, 11) is 0. The average Bonchev–Trinajstić information content (AvgIpc) is 3.11. The Hall–Kier alpha value is -1.95. The van der Waals surface area contributed by atoms with Crippen molar-refractivity contribution in [3.63, 3.8) is 0 Å². The number of esters is 2. The van der Waals surface area contributed by atoms with Crippen LogP contribution in [0.15, 0.2) is 23.3 Å². The van der Waals surface area contributed by atoms with Gasteiger partial charge in [0.15, 0.2) is 5.78 Å². The maximum Gasteiger partial charge on any atom is 0.309 e. The van der Waals surface area contributed by atoms with Crippen molar-refractivity contribution < 1.29 is 29.0 Å². The minimum Gasteiger partial charge on any atom is -0.461 e. The number of fused-ring (bicyclic) bond motifs is 5. The summed E-state index contributed by atoms with van der Waals surface area (Å²) in [6, 6.07) is 0. The van der Waals surface area contributed by atoms with Crippen molar-refractivity contribution in [3.8, 4) is 0 Å². The second kappa shape index (κ2) is 7.79. The molecule has 0 aromatic carbocycles. The number of ether oxygens (including phenoxy) is 2. The van der Waals surface area contributed by atoms with E-state index in [0.29, 0.717) is 24.8 Å². The van der Waals surface area contributed by atoms with Gasteiger partial charge in [-0.2, -0.15) is 0 Å². The van der Waals surface area contributed by atoms with Crippen LogP contribution in [0.4, 0.5) is 0 Å². The molecule has 8 atom stereocenters. The molecular formula is C27H38O6. The first-order valence-corrected chi connectivity index (χ1v) is 12.3. The maximum atomic E-state index is 13.1. The minimum absolute atomic E-state index is 0.0603. The molecule has 4 aliphatic carbocycles. The normalized spacial score (nSPS) is 41.5. The first-order valence-electron chi connectivity index (χ1n) is 12.3. The van der Waals surface area contributed by atoms with Crippen molar-refractivity contribution in [1.29, 1.82) is 0 Å². The number of carbonyl (C=O) groups excluding carboxylic acids is 3. The van der Waals surface area contributed by atoms with Crippen LogP contribution in [0.1, 0.15) is 67.7 Å². The zero-order chi connectivity index (χ0) is 24.5. The summed E-state index contributed by atoms with van der Waals surface area (Å²) in [6.07, 6.45) is 5.73. The van der Waals surface area contributed by atoms with Crippen LogP contribution < -0.4 is 0 Å². The second-order valence-electron chi connectivity index (χ2n) is 11.5. The topological polar surface area (TPSA) is 89.9 Å². The third-order valence-electron chi connectivity index (χ3n) is 9.36. The predicted octanol–water partition coefficient (Wildman–Crippen LogP) is 4.01. The molecule has 0 bridgehead atoms. The average molecular weight is 459 g/mol. The minimum atomic E-state index is -1.14. The molecule has 0 amide bonds. The van der Waals surface area contributed by atoms with Crippen molar-refractivity contribution in [3.05, 3.63) is 23.3 Å². The van der Waals surface area contributed by atoms with E-state index in [9.17, 15) is 19.5 Å². The molecular weight excluding hydrogens is 420 g/mol. The summed E-state index contributed by atoms with van der Waals surface area (Å²) in [5, 5.41) is 12.4. The highest BCUT2D eigenvalue weighted by atomic mass is 16.6. The van der Waals surface area contributed by atoms with Gasteiger partial charge in [0.05, 0.1) is 11.5 Å². The third kappa shape index (κ3) is 3.35. The highest BCUT2D eigenvalue weighted by molar-refractivity contribution is 6.00. The lowest BCUT2D eigenvalue weighted by Gasteiger charge is -2.49. The van der Waals surface area contributed by atoms with Crippen LogP contribution in [0.2, 0.25) is 0 Å². The van der Waals surface area contributed by atoms with E-state index in [1.807, 2.05) is 39.8 Å². The fraction of sp³-hybridized carbons (Fsp3) is 0.741. The van der Waals surface area contributed by atoms with E-state index in [0.717, 1.165) is 5.57 Å². The lowest BCUT2D eigenvalue weighted by molar-refractivity contribution is -0.176. The summed E-state index contributed by atoms with van der Waals surface area (Å²) in [6.45, 7) is 13.4. The van der Waals surface area contributed by atoms with Gasteiger partial charge in [0.2, 0.25) is 0 Å². The Labute approximate surface area is 196 Å². The van der Waals surface area contributed by atoms with Gasteiger partial charge < -0.3 is 14.6 Å². The summed E-state index contributed by atoms with van der Waals surface area (Å²) in [5.41, 5.74) is -0.553. The Morgan fingerprint density at radius 2 is 1.91 bits per heavy atom. The van der Waals surface area contributed by atoms with Crippen molar-refractivity contribution in [2.75, 3.05) is 6.61 Å². The Bertz CT molecular complexity index is 944. The van der Waals surface area contributed by atoms with Crippen molar-refractivity contribution >= 4 is 17.7 Å². The first kappa shape index (κ1) is 24.2. The quantitative estimate of drug-likeness (QED) is 0.495. The van der Waals surface area contributed by atoms with Crippen molar-refractivity contribution in [2.45, 2.75) is 78.9 Å². The van der Waals surface area contributed by atoms with E-state index in [1.54, 1.807) is 0 Å². The highest BCUT2D eigenvalue weighted by Crippen LogP contribution is 2.76. The number of carbonyl (C=O) groups is 3. The molecule has 0 aromatic heterocycles. The van der Waals surface area contributed by atoms with Crippen LogP contribution in [-0.2, 0) is 23.9 Å². The van der Waals surface area contributed by atoms with Gasteiger partial charge in [-0.05, 0) is 43.3 Å². The van der Waals surface area contributed by atoms with E-state index in [2.05, 4.69) is 13.8 Å². The molecule has 0 aromatic rings. The lowest BCUT2D eigenvalue weighted by atomic mass is 9.61. The Morgan fingerprint density at radius 3 is 2.52 bits per heavy atom. The maximum absolute atomic E-state index is 13.1. The number of aliphatic hydroxyl groups is 1. The van der Waals surface area contributed by atoms with E-state index in [-0.39, 0.29) is 65.3 Å². The fourth-order valence-electron chi connectivity index (χ4n) is 7.17. The Morgan fingerprint density at radius 1 is 1.24 bits per heavy atom. The molecule has 6 heteroatoms. The van der Waals surface area contributed by atoms with Gasteiger partial charge in [-0.15, -0.1) is 0 Å². The van der Waals surface area contributed by atoms with E-state index in [4.69, 9.17) is 9.47 Å². The van der Waals surface area contributed by atoms with E-state index in [1.165, 1.54) is 6.92 Å². The number of rotatable bonds is 5. The number of hydrogen-bond acceptors (Lipinski definition) is 6. The standard InChI is InChI=1S/C27H38O6/c1-8-14(2)24(30)33-26-12-16(4)27(31)20-9-15(3)22(29)19(20)10-18(13-32-17(5)28)11-21(27)23(26)25(26,6)7/h9,11,14,16,19-21,23,31H,8,10,12-13H2,1-7H3. The zero-order valence-corrected chi connectivity index (χ0v) is 20.9. The van der Waals surface area contributed by atoms with E-state index >= 15 is 0 Å². The van der Waals surface area contributed by atoms with Gasteiger partial charge in [-0.3, -0.25) is 14.4 Å². The molecule has 4 rings (SSSR count). The molecule has 182 valence electrons. The van der Waals surface area contributed by atoms with Gasteiger partial charge in [-0.25, -0.2) is 0 Å². The summed E-state index contributed by atoms with van der Waals surface area (Å²) in [4.78, 5) is 37.4. The second-order valence-corrected chi connectivity index (χ2v) is 11.5. The van der Waals surface area contributed by atoms with Crippen molar-refractivity contribution in [2.24, 2.45) is 40.9 Å². The van der Waals surface area contributed by atoms with Crippen LogP contribution >= 0.6 is 0 Å². The van der Waals surface area contributed by atoms with Crippen molar-refractivity contribution in [1.82, 2.24) is 0 Å².